The number of aryl methyl sites for hydroxylation is 2. The summed E-state index contributed by atoms with van der Waals surface area (Å²) in [4.78, 5) is 3.96. The number of aromatic nitrogens is 3. The quantitative estimate of drug-likeness (QED) is 0.801. The maximum atomic E-state index is 5.43. The minimum absolute atomic E-state index is 0.534. The maximum Gasteiger partial charge on any atom is 0.217 e. The molecule has 0 saturated carbocycles. The van der Waals surface area contributed by atoms with Gasteiger partial charge in [0.15, 0.2) is 0 Å². The molecule has 2 aromatic heterocycles. The van der Waals surface area contributed by atoms with Crippen molar-refractivity contribution in [3.05, 3.63) is 41.9 Å². The number of hydrogen-bond acceptors (Lipinski definition) is 5. The van der Waals surface area contributed by atoms with Gasteiger partial charge in [-0.3, -0.25) is 4.98 Å². The summed E-state index contributed by atoms with van der Waals surface area (Å²) in [7, 11) is 0. The van der Waals surface area contributed by atoms with E-state index in [0.717, 1.165) is 12.8 Å². The lowest BCUT2D eigenvalue weighted by Crippen LogP contribution is -2.02. The van der Waals surface area contributed by atoms with E-state index in [1.54, 1.807) is 12.4 Å². The van der Waals surface area contributed by atoms with E-state index in [0.29, 0.717) is 24.7 Å². The molecule has 0 saturated heterocycles. The Labute approximate surface area is 93.7 Å². The third kappa shape index (κ3) is 2.87. The topological polar surface area (TPSA) is 77.8 Å². The SMILES string of the molecule is NCCc1nnc(CCc2ccncc2)o1. The lowest BCUT2D eigenvalue weighted by Gasteiger charge is -1.96. The van der Waals surface area contributed by atoms with Gasteiger partial charge in [0.05, 0.1) is 0 Å². The van der Waals surface area contributed by atoms with Crippen LogP contribution in [-0.4, -0.2) is 21.7 Å². The van der Waals surface area contributed by atoms with Crippen LogP contribution in [0.15, 0.2) is 28.9 Å². The molecule has 0 spiro atoms. The molecule has 0 aliphatic heterocycles. The summed E-state index contributed by atoms with van der Waals surface area (Å²) in [6.07, 6.45) is 5.84. The van der Waals surface area contributed by atoms with Crippen molar-refractivity contribution in [2.45, 2.75) is 19.3 Å². The second kappa shape index (κ2) is 5.37. The van der Waals surface area contributed by atoms with Crippen LogP contribution in [0.5, 0.6) is 0 Å². The number of hydrogen-bond donors (Lipinski definition) is 1. The summed E-state index contributed by atoms with van der Waals surface area (Å²) in [5.41, 5.74) is 6.62. The summed E-state index contributed by atoms with van der Waals surface area (Å²) >= 11 is 0. The van der Waals surface area contributed by atoms with Gasteiger partial charge in [0.25, 0.3) is 0 Å². The summed E-state index contributed by atoms with van der Waals surface area (Å²) < 4.78 is 5.43. The fourth-order valence-electron chi connectivity index (χ4n) is 1.41. The zero-order chi connectivity index (χ0) is 11.2. The molecule has 2 heterocycles. The summed E-state index contributed by atoms with van der Waals surface area (Å²) in [5.74, 6) is 1.28. The lowest BCUT2D eigenvalue weighted by molar-refractivity contribution is 0.449. The largest absolute Gasteiger partial charge is 0.425 e. The van der Waals surface area contributed by atoms with Crippen LogP contribution >= 0.6 is 0 Å². The minimum atomic E-state index is 0.534. The van der Waals surface area contributed by atoms with Crippen molar-refractivity contribution in [2.24, 2.45) is 5.73 Å². The third-order valence-corrected chi connectivity index (χ3v) is 2.24. The Bertz CT molecular complexity index is 427. The van der Waals surface area contributed by atoms with E-state index in [1.165, 1.54) is 5.56 Å². The highest BCUT2D eigenvalue weighted by Gasteiger charge is 2.05. The Morgan fingerprint density at radius 1 is 1.00 bits per heavy atom. The van der Waals surface area contributed by atoms with Gasteiger partial charge in [-0.25, -0.2) is 0 Å². The Hall–Kier alpha value is -1.75. The first-order valence-corrected chi connectivity index (χ1v) is 5.28. The first-order valence-electron chi connectivity index (χ1n) is 5.28. The zero-order valence-electron chi connectivity index (χ0n) is 8.97. The number of pyridine rings is 1. The smallest absolute Gasteiger partial charge is 0.217 e. The molecule has 0 amide bonds. The van der Waals surface area contributed by atoms with Crippen LogP contribution in [-0.2, 0) is 19.3 Å². The summed E-state index contributed by atoms with van der Waals surface area (Å²) in [6, 6.07) is 3.97. The van der Waals surface area contributed by atoms with Gasteiger partial charge >= 0.3 is 0 Å². The van der Waals surface area contributed by atoms with Gasteiger partial charge in [0.2, 0.25) is 11.8 Å². The fourth-order valence-corrected chi connectivity index (χ4v) is 1.41. The van der Waals surface area contributed by atoms with Crippen molar-refractivity contribution in [1.29, 1.82) is 0 Å². The van der Waals surface area contributed by atoms with Gasteiger partial charge in [0, 0.05) is 31.8 Å². The van der Waals surface area contributed by atoms with Gasteiger partial charge in [-0.05, 0) is 24.1 Å². The van der Waals surface area contributed by atoms with E-state index >= 15 is 0 Å². The maximum absolute atomic E-state index is 5.43. The first-order chi connectivity index (χ1) is 7.88. The van der Waals surface area contributed by atoms with Crippen LogP contribution in [0.25, 0.3) is 0 Å². The van der Waals surface area contributed by atoms with Crippen molar-refractivity contribution in [2.75, 3.05) is 6.54 Å². The molecule has 0 aliphatic carbocycles. The molecule has 5 heteroatoms. The summed E-state index contributed by atoms with van der Waals surface area (Å²) in [5, 5.41) is 7.87. The molecule has 2 rings (SSSR count). The van der Waals surface area contributed by atoms with Gasteiger partial charge in [0.1, 0.15) is 0 Å². The molecule has 2 N–H and O–H groups in total. The average molecular weight is 218 g/mol. The highest BCUT2D eigenvalue weighted by molar-refractivity contribution is 5.10. The van der Waals surface area contributed by atoms with Crippen LogP contribution in [0, 0.1) is 0 Å². The highest BCUT2D eigenvalue weighted by Crippen LogP contribution is 2.05. The molecular formula is C11H14N4O. The molecule has 0 aromatic carbocycles. The normalized spacial score (nSPS) is 10.6. The van der Waals surface area contributed by atoms with Gasteiger partial charge in [-0.1, -0.05) is 0 Å². The molecular weight excluding hydrogens is 204 g/mol. The van der Waals surface area contributed by atoms with Crippen molar-refractivity contribution in [1.82, 2.24) is 15.2 Å². The van der Waals surface area contributed by atoms with Gasteiger partial charge in [-0.15, -0.1) is 10.2 Å². The van der Waals surface area contributed by atoms with Gasteiger partial charge in [-0.2, -0.15) is 0 Å². The molecule has 2 aromatic rings. The van der Waals surface area contributed by atoms with E-state index in [-0.39, 0.29) is 0 Å². The van der Waals surface area contributed by atoms with Crippen molar-refractivity contribution < 1.29 is 4.42 Å². The molecule has 16 heavy (non-hydrogen) atoms. The zero-order valence-corrected chi connectivity index (χ0v) is 8.97. The standard InChI is InChI=1S/C11H14N4O/c12-6-3-11-15-14-10(16-11)2-1-9-4-7-13-8-5-9/h4-5,7-8H,1-3,6,12H2. The number of nitrogens with zero attached hydrogens (tertiary/aromatic N) is 3. The highest BCUT2D eigenvalue weighted by atomic mass is 16.4. The predicted molar refractivity (Wildman–Crippen MR) is 58.7 cm³/mol. The molecule has 0 bridgehead atoms. The first kappa shape index (κ1) is 10.8. The van der Waals surface area contributed by atoms with Crippen LogP contribution in [0.4, 0.5) is 0 Å². The molecule has 5 nitrogen and oxygen atoms in total. The molecule has 0 radical (unpaired) electrons. The average Bonchev–Trinajstić information content (AvgIpc) is 2.76. The van der Waals surface area contributed by atoms with Crippen LogP contribution < -0.4 is 5.73 Å². The van der Waals surface area contributed by atoms with E-state index in [2.05, 4.69) is 15.2 Å². The summed E-state index contributed by atoms with van der Waals surface area (Å²) in [6.45, 7) is 0.534. The van der Waals surface area contributed by atoms with Crippen LogP contribution in [0.3, 0.4) is 0 Å². The Kier molecular flexibility index (Phi) is 3.61. The van der Waals surface area contributed by atoms with Crippen molar-refractivity contribution >= 4 is 0 Å². The second-order valence-corrected chi connectivity index (χ2v) is 3.48. The Morgan fingerprint density at radius 3 is 2.38 bits per heavy atom. The van der Waals surface area contributed by atoms with E-state index < -0.39 is 0 Å². The van der Waals surface area contributed by atoms with Crippen LogP contribution in [0.1, 0.15) is 17.3 Å². The molecule has 0 atom stereocenters. The molecule has 0 fully saturated rings. The Balaban J connectivity index is 1.89. The predicted octanol–water partition coefficient (Wildman–Crippen LogP) is 0.751. The minimum Gasteiger partial charge on any atom is -0.425 e. The number of rotatable bonds is 5. The monoisotopic (exact) mass is 218 g/mol. The number of nitrogens with two attached hydrogens (primary N) is 1. The third-order valence-electron chi connectivity index (χ3n) is 2.24. The van der Waals surface area contributed by atoms with Gasteiger partial charge < -0.3 is 10.2 Å². The van der Waals surface area contributed by atoms with Crippen LogP contribution in [0.2, 0.25) is 0 Å². The molecule has 0 aliphatic rings. The second-order valence-electron chi connectivity index (χ2n) is 3.48. The fraction of sp³-hybridized carbons (Fsp3) is 0.364. The van der Waals surface area contributed by atoms with Crippen molar-refractivity contribution in [3.8, 4) is 0 Å². The van der Waals surface area contributed by atoms with E-state index in [1.807, 2.05) is 12.1 Å². The van der Waals surface area contributed by atoms with E-state index in [4.69, 9.17) is 10.2 Å². The lowest BCUT2D eigenvalue weighted by atomic mass is 10.1. The molecule has 84 valence electrons. The Morgan fingerprint density at radius 2 is 1.69 bits per heavy atom. The van der Waals surface area contributed by atoms with E-state index in [9.17, 15) is 0 Å². The van der Waals surface area contributed by atoms with Crippen molar-refractivity contribution in [3.63, 3.8) is 0 Å². The molecule has 0 unspecified atom stereocenters.